The molecule has 0 aromatic heterocycles. The van der Waals surface area contributed by atoms with E-state index in [1.165, 1.54) is 0 Å². The Balaban J connectivity index is 0. The van der Waals surface area contributed by atoms with Gasteiger partial charge in [0.2, 0.25) is 0 Å². The van der Waals surface area contributed by atoms with Crippen LogP contribution in [0.1, 0.15) is 19.8 Å². The molecule has 4 nitrogen and oxygen atoms in total. The van der Waals surface area contributed by atoms with Crippen LogP contribution in [0.25, 0.3) is 0 Å². The summed E-state index contributed by atoms with van der Waals surface area (Å²) in [4.78, 5) is 9.69. The van der Waals surface area contributed by atoms with Gasteiger partial charge in [-0.05, 0) is 11.0 Å². The second-order valence-electron chi connectivity index (χ2n) is 4.09. The fourth-order valence-corrected chi connectivity index (χ4v) is 0.562. The summed E-state index contributed by atoms with van der Waals surface area (Å²) in [6, 6.07) is 0. The van der Waals surface area contributed by atoms with Crippen LogP contribution in [0, 0.1) is 0 Å². The summed E-state index contributed by atoms with van der Waals surface area (Å²) in [5.74, 6) is 0. The zero-order valence-electron chi connectivity index (χ0n) is 9.24. The lowest BCUT2D eigenvalue weighted by molar-refractivity contribution is -0.849. The number of hydrogen-bond donors (Lipinski definition) is 0. The second-order valence-corrected chi connectivity index (χ2v) is 4.80. The highest BCUT2D eigenvalue weighted by Gasteiger charge is 1.97. The van der Waals surface area contributed by atoms with E-state index in [9.17, 15) is 9.46 Å². The molecule has 0 aromatic rings. The maximum absolute atomic E-state index is 9.69. The lowest BCUT2D eigenvalue weighted by Crippen LogP contribution is -2.27. The van der Waals surface area contributed by atoms with Gasteiger partial charge in [0.15, 0.2) is 0 Å². The van der Waals surface area contributed by atoms with Crippen molar-refractivity contribution in [2.75, 3.05) is 34.8 Å². The molecule has 0 saturated heterocycles. The van der Waals surface area contributed by atoms with Crippen LogP contribution in [0.15, 0.2) is 0 Å². The molecule has 13 heavy (non-hydrogen) atoms. The fraction of sp³-hybridized carbons (Fsp3) is 1.00. The van der Waals surface area contributed by atoms with Crippen LogP contribution >= 0.6 is 8.25 Å². The maximum atomic E-state index is 9.69. The first-order valence-corrected chi connectivity index (χ1v) is 5.43. The van der Waals surface area contributed by atoms with E-state index in [-0.39, 0.29) is 0 Å². The van der Waals surface area contributed by atoms with Crippen molar-refractivity contribution in [3.8, 4) is 0 Å². The summed E-state index contributed by atoms with van der Waals surface area (Å²) < 4.78 is 14.9. The molecule has 1 unspecified atom stereocenters. The summed E-state index contributed by atoms with van der Waals surface area (Å²) >= 11 is 0. The van der Waals surface area contributed by atoms with Crippen molar-refractivity contribution in [1.29, 1.82) is 0 Å². The van der Waals surface area contributed by atoms with E-state index in [1.807, 2.05) is 6.92 Å². The molecule has 0 bridgehead atoms. The van der Waals surface area contributed by atoms with E-state index in [4.69, 9.17) is 0 Å². The maximum Gasteiger partial charge on any atom is 0.488 e. The molecular formula is C8H21NO3P+. The molecule has 0 aliphatic carbocycles. The summed E-state index contributed by atoms with van der Waals surface area (Å²) in [6.45, 7) is 2.30. The Morgan fingerprint density at radius 3 is 1.92 bits per heavy atom. The van der Waals surface area contributed by atoms with Crippen molar-refractivity contribution in [3.63, 3.8) is 0 Å². The third-order valence-electron chi connectivity index (χ3n) is 0.695. The van der Waals surface area contributed by atoms with E-state index < -0.39 is 8.25 Å². The quantitative estimate of drug-likeness (QED) is 0.397. The number of rotatable bonds is 4. The summed E-state index contributed by atoms with van der Waals surface area (Å²) in [6.07, 6.45) is 1.77. The first-order valence-electron chi connectivity index (χ1n) is 4.33. The van der Waals surface area contributed by atoms with Crippen LogP contribution in [-0.2, 0) is 9.09 Å². The predicted molar refractivity (Wildman–Crippen MR) is 52.4 cm³/mol. The second kappa shape index (κ2) is 8.57. The molecule has 0 fully saturated rings. The lowest BCUT2D eigenvalue weighted by Gasteiger charge is -2.14. The van der Waals surface area contributed by atoms with Crippen LogP contribution in [0.4, 0.5) is 0 Å². The number of hydrogen-bond acceptors (Lipinski definition) is 3. The number of quaternary nitrogens is 1. The predicted octanol–water partition coefficient (Wildman–Crippen LogP) is 1.14. The Morgan fingerprint density at radius 1 is 1.31 bits per heavy atom. The molecule has 1 atom stereocenters. The van der Waals surface area contributed by atoms with Crippen molar-refractivity contribution in [2.45, 2.75) is 19.8 Å². The van der Waals surface area contributed by atoms with E-state index >= 15 is 0 Å². The third-order valence-corrected chi connectivity index (χ3v) is 1.09. The largest absolute Gasteiger partial charge is 0.566 e. The summed E-state index contributed by atoms with van der Waals surface area (Å²) in [5.41, 5.74) is 0. The molecule has 0 saturated carbocycles. The molecule has 5 heteroatoms. The number of unbranched alkanes of at least 4 members (excludes halogenated alkanes) is 1. The van der Waals surface area contributed by atoms with Crippen molar-refractivity contribution in [1.82, 2.24) is 0 Å². The van der Waals surface area contributed by atoms with Gasteiger partial charge in [0.05, 0.1) is 28.2 Å². The van der Waals surface area contributed by atoms with Crippen LogP contribution in [0.2, 0.25) is 0 Å². The van der Waals surface area contributed by atoms with Gasteiger partial charge >= 0.3 is 8.25 Å². The van der Waals surface area contributed by atoms with Crippen molar-refractivity contribution < 1.29 is 18.5 Å². The van der Waals surface area contributed by atoms with Crippen LogP contribution < -0.4 is 4.89 Å². The summed E-state index contributed by atoms with van der Waals surface area (Å²) in [5, 5.41) is 0. The summed E-state index contributed by atoms with van der Waals surface area (Å²) in [7, 11) is 5.89. The molecule has 0 aliphatic rings. The molecule has 0 amide bonds. The van der Waals surface area contributed by atoms with Crippen LogP contribution in [-0.4, -0.2) is 39.3 Å². The smallest absolute Gasteiger partial charge is 0.488 e. The van der Waals surface area contributed by atoms with E-state index in [0.717, 1.165) is 17.3 Å². The van der Waals surface area contributed by atoms with Gasteiger partial charge in [-0.25, -0.2) is 0 Å². The zero-order chi connectivity index (χ0) is 10.9. The molecule has 0 aromatic carbocycles. The Morgan fingerprint density at radius 2 is 1.69 bits per heavy atom. The minimum absolute atomic E-state index is 0.329. The fourth-order valence-electron chi connectivity index (χ4n) is 0.283. The molecule has 0 aliphatic heterocycles. The first kappa shape index (κ1) is 15.5. The molecule has 0 spiro atoms. The van der Waals surface area contributed by atoms with Crippen molar-refractivity contribution in [2.24, 2.45) is 0 Å². The minimum atomic E-state index is -2.61. The SMILES string of the molecule is CCCCO[P+](=O)[O-].C[N+](C)(C)C. The Labute approximate surface area is 82.1 Å². The minimum Gasteiger partial charge on any atom is -0.566 e. The van der Waals surface area contributed by atoms with E-state index in [2.05, 4.69) is 32.7 Å². The highest BCUT2D eigenvalue weighted by Crippen LogP contribution is 2.08. The molecule has 0 radical (unpaired) electrons. The zero-order valence-corrected chi connectivity index (χ0v) is 10.1. The molecular weight excluding hydrogens is 189 g/mol. The molecule has 80 valence electrons. The molecule has 0 rings (SSSR count). The van der Waals surface area contributed by atoms with Crippen LogP contribution in [0.5, 0.6) is 0 Å². The Bertz CT molecular complexity index is 128. The van der Waals surface area contributed by atoms with Crippen molar-refractivity contribution in [3.05, 3.63) is 0 Å². The number of nitrogens with zero attached hydrogens (tertiary/aromatic N) is 1. The van der Waals surface area contributed by atoms with Gasteiger partial charge in [0.25, 0.3) is 0 Å². The van der Waals surface area contributed by atoms with Gasteiger partial charge < -0.3 is 9.38 Å². The van der Waals surface area contributed by atoms with Gasteiger partial charge in [0, 0.05) is 0 Å². The lowest BCUT2D eigenvalue weighted by atomic mass is 10.4. The topological polar surface area (TPSA) is 49.4 Å². The Hall–Kier alpha value is -0.0200. The standard InChI is InChI=1S/C4H12N.C4H9O3P/c1-5(2,3)4;1-2-3-4-7-8(5)6/h1-4H3;2-4H2,1H3/q+1;. The van der Waals surface area contributed by atoms with Crippen LogP contribution in [0.3, 0.4) is 0 Å². The van der Waals surface area contributed by atoms with E-state index in [0.29, 0.717) is 6.61 Å². The monoisotopic (exact) mass is 210 g/mol. The average Bonchev–Trinajstić information content (AvgIpc) is 1.83. The molecule has 0 heterocycles. The first-order chi connectivity index (χ1) is 5.77. The highest BCUT2D eigenvalue weighted by atomic mass is 31.1. The average molecular weight is 210 g/mol. The normalized spacial score (nSPS) is 11.7. The van der Waals surface area contributed by atoms with Gasteiger partial charge in [-0.15, -0.1) is 4.52 Å². The van der Waals surface area contributed by atoms with Gasteiger partial charge in [0.1, 0.15) is 6.61 Å². The highest BCUT2D eigenvalue weighted by molar-refractivity contribution is 7.30. The Kier molecular flexibility index (Phi) is 10.2. The van der Waals surface area contributed by atoms with Gasteiger partial charge in [-0.2, -0.15) is 0 Å². The van der Waals surface area contributed by atoms with Gasteiger partial charge in [-0.3, -0.25) is 0 Å². The third kappa shape index (κ3) is 48.1. The van der Waals surface area contributed by atoms with Crippen molar-refractivity contribution >= 4 is 8.25 Å². The van der Waals surface area contributed by atoms with Gasteiger partial charge in [-0.1, -0.05) is 13.3 Å². The van der Waals surface area contributed by atoms with E-state index in [1.54, 1.807) is 0 Å². The molecule has 0 N–H and O–H groups in total.